The third-order valence-corrected chi connectivity index (χ3v) is 13.9. The Labute approximate surface area is 245 Å². The summed E-state index contributed by atoms with van der Waals surface area (Å²) in [6.45, 7) is 19.1. The van der Waals surface area contributed by atoms with E-state index in [0.29, 0.717) is 18.3 Å². The summed E-state index contributed by atoms with van der Waals surface area (Å²) in [6.07, 6.45) is 9.24. The van der Waals surface area contributed by atoms with Crippen molar-refractivity contribution in [1.82, 2.24) is 0 Å². The standard InChI is InChI=1S/C34H51NO6/c1-20(2)23-11-16-34(29(38)39)18-17-32(7)24(28(23)34)9-10-26-30(5)14-13-27(35-41-22(4)37)31(6,19-40-21(3)36)25(30)12-15-33(26,32)8/h23-26,28H,1,9-19H2,2-8H3,(H,38,39)/b35-27+/t23-,24+,25+,26+,28+,30-,31-,32+,33+,34-/m0/s1. The summed E-state index contributed by atoms with van der Waals surface area (Å²) in [6, 6.07) is 0. The zero-order valence-electron chi connectivity index (χ0n) is 26.3. The molecule has 5 aliphatic rings. The lowest BCUT2D eigenvalue weighted by Crippen LogP contribution is -2.67. The Morgan fingerprint density at radius 2 is 1.59 bits per heavy atom. The first-order valence-electron chi connectivity index (χ1n) is 15.8. The molecule has 0 aromatic rings. The highest BCUT2D eigenvalue weighted by Gasteiger charge is 2.72. The SMILES string of the molecule is C=C(C)[C@@H]1CC[C@]2(C(=O)O)CC[C@]3(C)[C@H](CC[C@@H]4[C@@]5(C)CC/C(=N\OC(C)=O)[C@@](C)(COC(C)=O)[C@@H]5CC[C@]43C)[C@@H]12. The summed E-state index contributed by atoms with van der Waals surface area (Å²) in [5.74, 6) is 0.145. The Hall–Kier alpha value is -2.18. The fourth-order valence-electron chi connectivity index (χ4n) is 11.9. The molecule has 5 aliphatic carbocycles. The van der Waals surface area contributed by atoms with E-state index in [2.05, 4.69) is 46.4 Å². The Morgan fingerprint density at radius 3 is 2.20 bits per heavy atom. The van der Waals surface area contributed by atoms with Crippen LogP contribution in [0, 0.1) is 56.7 Å². The number of hydrogen-bond acceptors (Lipinski definition) is 6. The van der Waals surface area contributed by atoms with Crippen LogP contribution < -0.4 is 0 Å². The Kier molecular flexibility index (Phi) is 7.34. The molecule has 0 aliphatic heterocycles. The molecule has 0 radical (unpaired) electrons. The first kappa shape index (κ1) is 30.3. The lowest BCUT2D eigenvalue weighted by Gasteiger charge is -2.72. The molecule has 10 atom stereocenters. The van der Waals surface area contributed by atoms with Gasteiger partial charge in [0.1, 0.15) is 6.61 Å². The van der Waals surface area contributed by atoms with E-state index in [9.17, 15) is 19.5 Å². The average Bonchev–Trinajstić information content (AvgIpc) is 3.29. The molecule has 0 heterocycles. The molecule has 0 spiro atoms. The normalized spacial score (nSPS) is 47.8. The van der Waals surface area contributed by atoms with Gasteiger partial charge in [-0.15, -0.1) is 0 Å². The molecule has 0 aromatic heterocycles. The summed E-state index contributed by atoms with van der Waals surface area (Å²) in [7, 11) is 0. The molecule has 7 nitrogen and oxygen atoms in total. The van der Waals surface area contributed by atoms with Gasteiger partial charge in [-0.25, -0.2) is 4.79 Å². The number of nitrogens with zero attached hydrogens (tertiary/aromatic N) is 1. The number of hydrogen-bond donors (Lipinski definition) is 1. The Balaban J connectivity index is 1.53. The summed E-state index contributed by atoms with van der Waals surface area (Å²) in [5.41, 5.74) is 0.945. The van der Waals surface area contributed by atoms with Gasteiger partial charge < -0.3 is 14.7 Å². The maximum Gasteiger partial charge on any atom is 0.331 e. The van der Waals surface area contributed by atoms with Gasteiger partial charge in [0.05, 0.1) is 11.1 Å². The second-order valence-electron chi connectivity index (χ2n) is 15.5. The van der Waals surface area contributed by atoms with Crippen molar-refractivity contribution < 1.29 is 29.1 Å². The number of fused-ring (bicyclic) bond motifs is 7. The quantitative estimate of drug-likeness (QED) is 0.163. The summed E-state index contributed by atoms with van der Waals surface area (Å²) < 4.78 is 5.67. The minimum Gasteiger partial charge on any atom is -0.481 e. The molecule has 228 valence electrons. The first-order chi connectivity index (χ1) is 19.1. The molecule has 0 aromatic carbocycles. The number of carboxylic acid groups (broad SMARTS) is 1. The minimum atomic E-state index is -0.617. The van der Waals surface area contributed by atoms with E-state index >= 15 is 0 Å². The Bertz CT molecular complexity index is 1180. The van der Waals surface area contributed by atoms with Crippen LogP contribution >= 0.6 is 0 Å². The fourth-order valence-corrected chi connectivity index (χ4v) is 11.9. The van der Waals surface area contributed by atoms with Gasteiger partial charge in [0.25, 0.3) is 0 Å². The topological polar surface area (TPSA) is 102 Å². The van der Waals surface area contributed by atoms with Crippen LogP contribution in [0.2, 0.25) is 0 Å². The van der Waals surface area contributed by atoms with Crippen molar-refractivity contribution in [2.45, 2.75) is 113 Å². The number of rotatable bonds is 5. The Morgan fingerprint density at radius 1 is 0.878 bits per heavy atom. The third-order valence-electron chi connectivity index (χ3n) is 13.9. The van der Waals surface area contributed by atoms with E-state index < -0.39 is 22.8 Å². The van der Waals surface area contributed by atoms with Crippen molar-refractivity contribution >= 4 is 23.6 Å². The second-order valence-corrected chi connectivity index (χ2v) is 15.5. The van der Waals surface area contributed by atoms with E-state index in [1.165, 1.54) is 13.8 Å². The second kappa shape index (κ2) is 9.94. The van der Waals surface area contributed by atoms with Gasteiger partial charge in [-0.3, -0.25) is 9.59 Å². The van der Waals surface area contributed by atoms with Gasteiger partial charge in [-0.1, -0.05) is 45.0 Å². The van der Waals surface area contributed by atoms with Crippen molar-refractivity contribution in [3.63, 3.8) is 0 Å². The van der Waals surface area contributed by atoms with Gasteiger partial charge in [0.2, 0.25) is 0 Å². The van der Waals surface area contributed by atoms with E-state index in [4.69, 9.17) is 9.57 Å². The van der Waals surface area contributed by atoms with Crippen LogP contribution in [0.3, 0.4) is 0 Å². The number of ether oxygens (including phenoxy) is 1. The maximum absolute atomic E-state index is 12.9. The predicted octanol–water partition coefficient (Wildman–Crippen LogP) is 7.19. The summed E-state index contributed by atoms with van der Waals surface area (Å²) >= 11 is 0. The number of carboxylic acids is 1. The van der Waals surface area contributed by atoms with Gasteiger partial charge in [0.15, 0.2) is 0 Å². The van der Waals surface area contributed by atoms with Crippen molar-refractivity contribution in [1.29, 1.82) is 0 Å². The number of carbonyl (C=O) groups excluding carboxylic acids is 2. The number of esters is 1. The summed E-state index contributed by atoms with van der Waals surface area (Å²) in [5, 5.41) is 14.9. The maximum atomic E-state index is 12.9. The van der Waals surface area contributed by atoms with Gasteiger partial charge in [-0.05, 0) is 117 Å². The van der Waals surface area contributed by atoms with Gasteiger partial charge in [0, 0.05) is 19.3 Å². The van der Waals surface area contributed by atoms with Gasteiger partial charge in [-0.2, -0.15) is 0 Å². The van der Waals surface area contributed by atoms with Crippen molar-refractivity contribution in [2.24, 2.45) is 61.8 Å². The molecular weight excluding hydrogens is 518 g/mol. The third kappa shape index (κ3) is 4.17. The molecule has 5 fully saturated rings. The van der Waals surface area contributed by atoms with Crippen LogP contribution in [-0.4, -0.2) is 35.3 Å². The zero-order valence-corrected chi connectivity index (χ0v) is 26.3. The molecule has 0 bridgehead atoms. The number of oxime groups is 1. The summed E-state index contributed by atoms with van der Waals surface area (Å²) in [4.78, 5) is 41.7. The molecule has 0 saturated heterocycles. The van der Waals surface area contributed by atoms with Gasteiger partial charge >= 0.3 is 17.9 Å². The number of allylic oxidation sites excluding steroid dienone is 1. The molecular formula is C34H51NO6. The van der Waals surface area contributed by atoms with E-state index in [1.54, 1.807) is 0 Å². The van der Waals surface area contributed by atoms with Crippen LogP contribution in [0.15, 0.2) is 17.3 Å². The molecule has 7 heteroatoms. The highest BCUT2D eigenvalue weighted by molar-refractivity contribution is 5.91. The van der Waals surface area contributed by atoms with Crippen LogP contribution in [0.4, 0.5) is 0 Å². The molecule has 0 amide bonds. The predicted molar refractivity (Wildman–Crippen MR) is 157 cm³/mol. The van der Waals surface area contributed by atoms with Crippen molar-refractivity contribution in [3.8, 4) is 0 Å². The highest BCUT2D eigenvalue weighted by atomic mass is 16.7. The smallest absolute Gasteiger partial charge is 0.331 e. The average molecular weight is 570 g/mol. The fraction of sp³-hybridized carbons (Fsp3) is 0.824. The van der Waals surface area contributed by atoms with E-state index in [1.807, 2.05) is 0 Å². The lowest BCUT2D eigenvalue weighted by molar-refractivity contribution is -0.233. The lowest BCUT2D eigenvalue weighted by atomic mass is 9.32. The van der Waals surface area contributed by atoms with Crippen LogP contribution in [-0.2, 0) is 24.0 Å². The molecule has 0 unspecified atom stereocenters. The molecule has 5 saturated carbocycles. The molecule has 5 rings (SSSR count). The largest absolute Gasteiger partial charge is 0.481 e. The number of carbonyl (C=O) groups is 3. The number of aliphatic carboxylic acids is 1. The van der Waals surface area contributed by atoms with Crippen LogP contribution in [0.1, 0.15) is 113 Å². The van der Waals surface area contributed by atoms with E-state index in [-0.39, 0.29) is 46.6 Å². The molecule has 41 heavy (non-hydrogen) atoms. The van der Waals surface area contributed by atoms with Crippen molar-refractivity contribution in [3.05, 3.63) is 12.2 Å². The van der Waals surface area contributed by atoms with E-state index in [0.717, 1.165) is 69.1 Å². The minimum absolute atomic E-state index is 0.00408. The monoisotopic (exact) mass is 569 g/mol. The van der Waals surface area contributed by atoms with Crippen molar-refractivity contribution in [2.75, 3.05) is 6.61 Å². The highest BCUT2D eigenvalue weighted by Crippen LogP contribution is 2.77. The first-order valence-corrected chi connectivity index (χ1v) is 15.8. The van der Waals surface area contributed by atoms with Crippen LogP contribution in [0.5, 0.6) is 0 Å². The zero-order chi connectivity index (χ0) is 30.2. The molecule has 1 N–H and O–H groups in total. The van der Waals surface area contributed by atoms with Crippen LogP contribution in [0.25, 0.3) is 0 Å².